The minimum absolute atomic E-state index is 0.118. The first-order valence-corrected chi connectivity index (χ1v) is 9.99. The second-order valence-electron chi connectivity index (χ2n) is 7.99. The molecule has 30 heavy (non-hydrogen) atoms. The SMILES string of the molecule is CCC1(O)C(=O)OCc2c1cc1n(c2=O)Cc2cc3cc4ccccc4cc3nc2-1. The van der Waals surface area contributed by atoms with E-state index < -0.39 is 11.6 Å². The molecule has 0 saturated heterocycles. The van der Waals surface area contributed by atoms with Crippen LogP contribution in [0.15, 0.2) is 53.3 Å². The summed E-state index contributed by atoms with van der Waals surface area (Å²) in [5.74, 6) is -0.710. The van der Waals surface area contributed by atoms with Gasteiger partial charge >= 0.3 is 5.97 Å². The largest absolute Gasteiger partial charge is 0.458 e. The average Bonchev–Trinajstić information content (AvgIpc) is 3.11. The van der Waals surface area contributed by atoms with Crippen LogP contribution in [-0.4, -0.2) is 20.6 Å². The summed E-state index contributed by atoms with van der Waals surface area (Å²) in [7, 11) is 0. The van der Waals surface area contributed by atoms with Gasteiger partial charge in [0.2, 0.25) is 0 Å². The standard InChI is InChI=1S/C24H18N2O4/c1-2-24(29)18-10-20-21-16(11-26(20)22(27)17(18)12-30-23(24)28)8-15-7-13-5-3-4-6-14(13)9-19(15)25-21/h3-10,29H,2,11-12H2,1H3. The lowest BCUT2D eigenvalue weighted by Crippen LogP contribution is -2.44. The van der Waals surface area contributed by atoms with Gasteiger partial charge in [-0.25, -0.2) is 9.78 Å². The molecule has 6 rings (SSSR count). The molecule has 1 unspecified atom stereocenters. The van der Waals surface area contributed by atoms with E-state index in [9.17, 15) is 14.7 Å². The molecule has 0 aliphatic carbocycles. The van der Waals surface area contributed by atoms with Gasteiger partial charge in [-0.05, 0) is 41.5 Å². The van der Waals surface area contributed by atoms with Crippen molar-refractivity contribution in [1.82, 2.24) is 9.55 Å². The molecular formula is C24H18N2O4. The van der Waals surface area contributed by atoms with Gasteiger partial charge in [-0.1, -0.05) is 31.2 Å². The van der Waals surface area contributed by atoms with Crippen LogP contribution in [0.5, 0.6) is 0 Å². The molecule has 0 radical (unpaired) electrons. The van der Waals surface area contributed by atoms with E-state index in [-0.39, 0.29) is 18.6 Å². The van der Waals surface area contributed by atoms with Gasteiger partial charge in [0.25, 0.3) is 5.56 Å². The molecule has 0 saturated carbocycles. The number of pyridine rings is 2. The Morgan fingerprint density at radius 3 is 2.63 bits per heavy atom. The molecule has 6 nitrogen and oxygen atoms in total. The van der Waals surface area contributed by atoms with Gasteiger partial charge < -0.3 is 14.4 Å². The molecule has 1 N–H and O–H groups in total. The number of aromatic nitrogens is 2. The molecule has 4 heterocycles. The van der Waals surface area contributed by atoms with Gasteiger partial charge in [0, 0.05) is 16.5 Å². The average molecular weight is 398 g/mol. The maximum absolute atomic E-state index is 13.2. The van der Waals surface area contributed by atoms with Crippen molar-refractivity contribution in [3.8, 4) is 11.4 Å². The smallest absolute Gasteiger partial charge is 0.343 e. The summed E-state index contributed by atoms with van der Waals surface area (Å²) in [6, 6.07) is 16.1. The summed E-state index contributed by atoms with van der Waals surface area (Å²) in [4.78, 5) is 30.3. The van der Waals surface area contributed by atoms with Gasteiger partial charge in [-0.15, -0.1) is 0 Å². The Labute approximate surface area is 171 Å². The summed E-state index contributed by atoms with van der Waals surface area (Å²) in [5.41, 5.74) is 1.77. The van der Waals surface area contributed by atoms with Crippen LogP contribution in [0.25, 0.3) is 33.1 Å². The number of hydrogen-bond donors (Lipinski definition) is 1. The Kier molecular flexibility index (Phi) is 3.34. The fourth-order valence-corrected chi connectivity index (χ4v) is 4.67. The minimum Gasteiger partial charge on any atom is -0.458 e. The van der Waals surface area contributed by atoms with Gasteiger partial charge in [0.05, 0.1) is 29.0 Å². The Hall–Kier alpha value is -3.51. The topological polar surface area (TPSA) is 81.4 Å². The summed E-state index contributed by atoms with van der Waals surface area (Å²) < 4.78 is 6.77. The predicted molar refractivity (Wildman–Crippen MR) is 112 cm³/mol. The van der Waals surface area contributed by atoms with E-state index in [0.29, 0.717) is 23.4 Å². The zero-order valence-corrected chi connectivity index (χ0v) is 16.3. The van der Waals surface area contributed by atoms with Gasteiger partial charge in [-0.3, -0.25) is 4.79 Å². The Morgan fingerprint density at radius 1 is 1.10 bits per heavy atom. The highest BCUT2D eigenvalue weighted by Crippen LogP contribution is 2.38. The van der Waals surface area contributed by atoms with Crippen molar-refractivity contribution in [3.63, 3.8) is 0 Å². The maximum atomic E-state index is 13.2. The zero-order valence-electron chi connectivity index (χ0n) is 16.3. The van der Waals surface area contributed by atoms with Crippen LogP contribution in [0.2, 0.25) is 0 Å². The molecule has 1 atom stereocenters. The highest BCUT2D eigenvalue weighted by molar-refractivity contribution is 5.97. The van der Waals surface area contributed by atoms with Crippen LogP contribution >= 0.6 is 0 Å². The van der Waals surface area contributed by atoms with Crippen molar-refractivity contribution in [2.75, 3.05) is 0 Å². The molecule has 2 aliphatic heterocycles. The second kappa shape index (κ2) is 5.77. The van der Waals surface area contributed by atoms with E-state index in [2.05, 4.69) is 18.2 Å². The van der Waals surface area contributed by atoms with Crippen molar-refractivity contribution in [3.05, 3.63) is 75.6 Å². The number of carbonyl (C=O) groups is 1. The lowest BCUT2D eigenvalue weighted by atomic mass is 9.86. The van der Waals surface area contributed by atoms with Crippen molar-refractivity contribution in [2.45, 2.75) is 32.1 Å². The van der Waals surface area contributed by atoms with Crippen LogP contribution in [0, 0.1) is 0 Å². The molecule has 0 bridgehead atoms. The molecule has 0 fully saturated rings. The molecule has 6 heteroatoms. The fraction of sp³-hybridized carbons (Fsp3) is 0.208. The Balaban J connectivity index is 1.63. The van der Waals surface area contributed by atoms with Gasteiger partial charge in [0.15, 0.2) is 5.60 Å². The molecule has 2 aromatic heterocycles. The number of esters is 1. The van der Waals surface area contributed by atoms with E-state index in [1.807, 2.05) is 24.3 Å². The second-order valence-corrected chi connectivity index (χ2v) is 7.99. The third-order valence-corrected chi connectivity index (χ3v) is 6.38. The number of benzene rings is 2. The van der Waals surface area contributed by atoms with Crippen molar-refractivity contribution < 1.29 is 14.6 Å². The first kappa shape index (κ1) is 17.4. The number of fused-ring (bicyclic) bond motifs is 6. The van der Waals surface area contributed by atoms with E-state index in [1.54, 1.807) is 17.6 Å². The number of ether oxygens (including phenoxy) is 1. The maximum Gasteiger partial charge on any atom is 0.343 e. The predicted octanol–water partition coefficient (Wildman–Crippen LogP) is 3.23. The van der Waals surface area contributed by atoms with E-state index in [4.69, 9.17) is 9.72 Å². The van der Waals surface area contributed by atoms with Crippen LogP contribution in [0.4, 0.5) is 0 Å². The molecule has 0 spiro atoms. The summed E-state index contributed by atoms with van der Waals surface area (Å²) in [6.45, 7) is 1.99. The van der Waals surface area contributed by atoms with Crippen molar-refractivity contribution in [2.24, 2.45) is 0 Å². The van der Waals surface area contributed by atoms with Gasteiger partial charge in [-0.2, -0.15) is 0 Å². The van der Waals surface area contributed by atoms with Crippen LogP contribution in [0.1, 0.15) is 30.0 Å². The summed E-state index contributed by atoms with van der Waals surface area (Å²) >= 11 is 0. The number of hydrogen-bond acceptors (Lipinski definition) is 5. The number of cyclic esters (lactones) is 1. The molecule has 0 amide bonds. The highest BCUT2D eigenvalue weighted by Gasteiger charge is 2.45. The van der Waals surface area contributed by atoms with Crippen LogP contribution in [-0.2, 0) is 28.3 Å². The number of aliphatic hydroxyl groups is 1. The number of rotatable bonds is 1. The third kappa shape index (κ3) is 2.14. The molecule has 4 aromatic rings. The first-order chi connectivity index (χ1) is 14.5. The Bertz CT molecular complexity index is 1470. The monoisotopic (exact) mass is 398 g/mol. The number of nitrogens with zero attached hydrogens (tertiary/aromatic N) is 2. The minimum atomic E-state index is -1.81. The molecule has 2 aromatic carbocycles. The summed E-state index contributed by atoms with van der Waals surface area (Å²) in [6.07, 6.45) is 0.131. The van der Waals surface area contributed by atoms with E-state index >= 15 is 0 Å². The van der Waals surface area contributed by atoms with Crippen molar-refractivity contribution in [1.29, 1.82) is 0 Å². The quantitative estimate of drug-likeness (QED) is 0.346. The lowest BCUT2D eigenvalue weighted by Gasteiger charge is -2.31. The van der Waals surface area contributed by atoms with Crippen molar-refractivity contribution >= 4 is 27.6 Å². The van der Waals surface area contributed by atoms with Crippen LogP contribution in [0.3, 0.4) is 0 Å². The fourth-order valence-electron chi connectivity index (χ4n) is 4.67. The van der Waals surface area contributed by atoms with E-state index in [1.165, 1.54) is 0 Å². The Morgan fingerprint density at radius 2 is 1.87 bits per heavy atom. The molecule has 2 aliphatic rings. The zero-order chi connectivity index (χ0) is 20.6. The third-order valence-electron chi connectivity index (χ3n) is 6.38. The number of carbonyl (C=O) groups excluding carboxylic acids is 1. The lowest BCUT2D eigenvalue weighted by molar-refractivity contribution is -0.172. The van der Waals surface area contributed by atoms with Gasteiger partial charge in [0.1, 0.15) is 6.61 Å². The summed E-state index contributed by atoms with van der Waals surface area (Å²) in [5, 5.41) is 14.2. The van der Waals surface area contributed by atoms with Crippen LogP contribution < -0.4 is 5.56 Å². The normalized spacial score (nSPS) is 19.5. The highest BCUT2D eigenvalue weighted by atomic mass is 16.6. The first-order valence-electron chi connectivity index (χ1n) is 9.99. The molecular weight excluding hydrogens is 380 g/mol. The van der Waals surface area contributed by atoms with E-state index in [0.717, 1.165) is 32.9 Å². The molecule has 148 valence electrons.